The summed E-state index contributed by atoms with van der Waals surface area (Å²) in [7, 11) is 0. The average molecular weight is 504 g/mol. The molecule has 0 aliphatic carbocycles. The number of carboxylic acid groups (broad SMARTS) is 1. The number of aromatic nitrogens is 3. The Bertz CT molecular complexity index is 1190. The summed E-state index contributed by atoms with van der Waals surface area (Å²) in [5.41, 5.74) is 3.18. The van der Waals surface area contributed by atoms with Gasteiger partial charge in [0.05, 0.1) is 6.04 Å². The van der Waals surface area contributed by atoms with Gasteiger partial charge in [0, 0.05) is 50.2 Å². The highest BCUT2D eigenvalue weighted by molar-refractivity contribution is 5.66. The van der Waals surface area contributed by atoms with Crippen molar-refractivity contribution in [1.82, 2.24) is 24.6 Å². The molecule has 1 aromatic heterocycles. The number of hydrogen-bond donors (Lipinski definition) is 2. The molecule has 3 aromatic rings. The van der Waals surface area contributed by atoms with Crippen molar-refractivity contribution < 1.29 is 15.0 Å². The molecule has 8 nitrogen and oxygen atoms in total. The van der Waals surface area contributed by atoms with E-state index in [4.69, 9.17) is 5.11 Å². The number of phenolic OH excluding ortho intramolecular Hbond substituents is 1. The fraction of sp³-hybridized carbons (Fsp3) is 0.414. The molecule has 1 aliphatic heterocycles. The van der Waals surface area contributed by atoms with Crippen molar-refractivity contribution in [2.45, 2.75) is 57.8 Å². The van der Waals surface area contributed by atoms with Gasteiger partial charge in [-0.3, -0.25) is 14.6 Å². The van der Waals surface area contributed by atoms with Crippen LogP contribution in [0.3, 0.4) is 0 Å². The quantitative estimate of drug-likeness (QED) is 0.292. The lowest BCUT2D eigenvalue weighted by molar-refractivity contribution is -0.137. The minimum atomic E-state index is -0.776. The Morgan fingerprint density at radius 3 is 2.59 bits per heavy atom. The topological polar surface area (TPSA) is 94.7 Å². The number of carboxylic acids is 1. The van der Waals surface area contributed by atoms with Crippen LogP contribution < -0.4 is 0 Å². The van der Waals surface area contributed by atoms with E-state index in [-0.39, 0.29) is 18.2 Å². The number of unbranched alkanes of at least 4 members (excludes halogenated alkanes) is 1. The number of benzene rings is 2. The summed E-state index contributed by atoms with van der Waals surface area (Å²) >= 11 is 0. The highest BCUT2D eigenvalue weighted by atomic mass is 16.4. The van der Waals surface area contributed by atoms with Crippen molar-refractivity contribution >= 4 is 5.97 Å². The van der Waals surface area contributed by atoms with Crippen molar-refractivity contribution in [3.8, 4) is 17.1 Å². The van der Waals surface area contributed by atoms with Crippen LogP contribution in [0.25, 0.3) is 11.4 Å². The highest BCUT2D eigenvalue weighted by Gasteiger charge is 2.34. The minimum Gasteiger partial charge on any atom is -0.508 e. The molecule has 2 N–H and O–H groups in total. The maximum absolute atomic E-state index is 10.8. The number of rotatable bonds is 11. The molecular formula is C29H37N5O3. The maximum atomic E-state index is 10.8. The second-order valence-corrected chi connectivity index (χ2v) is 9.91. The van der Waals surface area contributed by atoms with Gasteiger partial charge in [0.25, 0.3) is 0 Å². The van der Waals surface area contributed by atoms with Gasteiger partial charge in [0.2, 0.25) is 0 Å². The Morgan fingerprint density at radius 2 is 1.89 bits per heavy atom. The number of piperazine rings is 1. The van der Waals surface area contributed by atoms with Crippen LogP contribution in [0.4, 0.5) is 0 Å². The highest BCUT2D eigenvalue weighted by Crippen LogP contribution is 2.35. The summed E-state index contributed by atoms with van der Waals surface area (Å²) in [5, 5.41) is 23.5. The SMILES string of the molecule is C=CCN1C[C@H](C)N([C@H](c2ccc(-c3ncnn3CCCCC(=O)O)cc2)c2cccc(O)c2)C[C@H]1C. The lowest BCUT2D eigenvalue weighted by Crippen LogP contribution is -2.57. The summed E-state index contributed by atoms with van der Waals surface area (Å²) in [5.74, 6) is 0.262. The number of aromatic hydroxyl groups is 1. The summed E-state index contributed by atoms with van der Waals surface area (Å²) < 4.78 is 1.84. The molecule has 1 aliphatic rings. The van der Waals surface area contributed by atoms with Gasteiger partial charge in [-0.15, -0.1) is 6.58 Å². The Labute approximate surface area is 218 Å². The molecular weight excluding hydrogens is 466 g/mol. The first-order valence-corrected chi connectivity index (χ1v) is 13.0. The smallest absolute Gasteiger partial charge is 0.303 e. The maximum Gasteiger partial charge on any atom is 0.303 e. The van der Waals surface area contributed by atoms with Gasteiger partial charge in [0.15, 0.2) is 5.82 Å². The van der Waals surface area contributed by atoms with Crippen LogP contribution in [-0.4, -0.2) is 72.5 Å². The standard InChI is InChI=1S/C29H37N5O3/c1-4-15-32-18-22(3)33(19-21(32)2)28(25-8-7-9-26(35)17-25)23-11-13-24(14-12-23)29-30-20-31-34(29)16-6-5-10-27(36)37/h4,7-9,11-14,17,20-22,28,35H,1,5-6,10,15-16,18-19H2,2-3H3,(H,36,37)/t21-,22+,28-/m1/s1. The van der Waals surface area contributed by atoms with Crippen LogP contribution in [-0.2, 0) is 11.3 Å². The van der Waals surface area contributed by atoms with Crippen molar-refractivity contribution in [2.75, 3.05) is 19.6 Å². The molecule has 0 bridgehead atoms. The van der Waals surface area contributed by atoms with E-state index in [0.717, 1.165) is 48.6 Å². The normalized spacial score (nSPS) is 19.5. The molecule has 1 fully saturated rings. The molecule has 196 valence electrons. The van der Waals surface area contributed by atoms with E-state index >= 15 is 0 Å². The second kappa shape index (κ2) is 12.2. The Balaban J connectivity index is 1.59. The fourth-order valence-corrected chi connectivity index (χ4v) is 5.28. The van der Waals surface area contributed by atoms with Crippen molar-refractivity contribution in [3.05, 3.63) is 78.6 Å². The number of nitrogens with zero attached hydrogens (tertiary/aromatic N) is 5. The van der Waals surface area contributed by atoms with E-state index in [1.807, 2.05) is 22.9 Å². The molecule has 0 radical (unpaired) electrons. The zero-order valence-electron chi connectivity index (χ0n) is 21.7. The largest absolute Gasteiger partial charge is 0.508 e. The van der Waals surface area contributed by atoms with Gasteiger partial charge in [-0.05, 0) is 49.9 Å². The second-order valence-electron chi connectivity index (χ2n) is 9.91. The number of aliphatic carboxylic acids is 1. The molecule has 0 unspecified atom stereocenters. The number of carbonyl (C=O) groups is 1. The van der Waals surface area contributed by atoms with Gasteiger partial charge in [-0.25, -0.2) is 9.67 Å². The molecule has 2 aromatic carbocycles. The van der Waals surface area contributed by atoms with Gasteiger partial charge >= 0.3 is 5.97 Å². The molecule has 4 rings (SSSR count). The number of phenols is 1. The third kappa shape index (κ3) is 6.45. The summed E-state index contributed by atoms with van der Waals surface area (Å²) in [4.78, 5) is 20.2. The molecule has 37 heavy (non-hydrogen) atoms. The van der Waals surface area contributed by atoms with E-state index in [9.17, 15) is 9.90 Å². The van der Waals surface area contributed by atoms with E-state index in [0.29, 0.717) is 25.0 Å². The molecule has 3 atom stereocenters. The summed E-state index contributed by atoms with van der Waals surface area (Å²) in [6.07, 6.45) is 5.01. The van der Waals surface area contributed by atoms with Gasteiger partial charge in [-0.1, -0.05) is 42.5 Å². The van der Waals surface area contributed by atoms with Gasteiger partial charge in [-0.2, -0.15) is 5.10 Å². The monoisotopic (exact) mass is 503 g/mol. The van der Waals surface area contributed by atoms with Gasteiger partial charge < -0.3 is 10.2 Å². The van der Waals surface area contributed by atoms with Crippen LogP contribution in [0.2, 0.25) is 0 Å². The average Bonchev–Trinajstić information content (AvgIpc) is 3.34. The number of aryl methyl sites for hydroxylation is 1. The van der Waals surface area contributed by atoms with Crippen molar-refractivity contribution in [1.29, 1.82) is 0 Å². The number of hydrogen-bond acceptors (Lipinski definition) is 6. The molecule has 0 saturated carbocycles. The van der Waals surface area contributed by atoms with Crippen LogP contribution in [0.15, 0.2) is 67.5 Å². The molecule has 0 amide bonds. The van der Waals surface area contributed by atoms with E-state index in [2.05, 4.69) is 70.6 Å². The lowest BCUT2D eigenvalue weighted by atomic mass is 9.92. The minimum absolute atomic E-state index is 0.00151. The van der Waals surface area contributed by atoms with Crippen molar-refractivity contribution in [2.24, 2.45) is 0 Å². The zero-order chi connectivity index (χ0) is 26.4. The Kier molecular flexibility index (Phi) is 8.74. The molecule has 1 saturated heterocycles. The van der Waals surface area contributed by atoms with Crippen LogP contribution in [0, 0.1) is 0 Å². The molecule has 8 heteroatoms. The predicted octanol–water partition coefficient (Wildman–Crippen LogP) is 4.58. The molecule has 0 spiro atoms. The molecule has 2 heterocycles. The van der Waals surface area contributed by atoms with E-state index in [1.165, 1.54) is 0 Å². The third-order valence-corrected chi connectivity index (χ3v) is 7.16. The first kappa shape index (κ1) is 26.6. The first-order chi connectivity index (χ1) is 17.9. The van der Waals surface area contributed by atoms with E-state index in [1.54, 1.807) is 12.4 Å². The zero-order valence-corrected chi connectivity index (χ0v) is 21.7. The predicted molar refractivity (Wildman–Crippen MR) is 144 cm³/mol. The van der Waals surface area contributed by atoms with Crippen LogP contribution >= 0.6 is 0 Å². The fourth-order valence-electron chi connectivity index (χ4n) is 5.28. The van der Waals surface area contributed by atoms with Crippen molar-refractivity contribution in [3.63, 3.8) is 0 Å². The lowest BCUT2D eigenvalue weighted by Gasteiger charge is -2.47. The van der Waals surface area contributed by atoms with Crippen LogP contribution in [0.1, 0.15) is 50.3 Å². The van der Waals surface area contributed by atoms with Crippen LogP contribution in [0.5, 0.6) is 5.75 Å². The Morgan fingerprint density at radius 1 is 1.11 bits per heavy atom. The summed E-state index contributed by atoms with van der Waals surface area (Å²) in [6.45, 7) is 11.8. The third-order valence-electron chi connectivity index (χ3n) is 7.16. The van der Waals surface area contributed by atoms with E-state index < -0.39 is 5.97 Å². The summed E-state index contributed by atoms with van der Waals surface area (Å²) in [6, 6.07) is 16.7. The Hall–Kier alpha value is -3.49. The first-order valence-electron chi connectivity index (χ1n) is 13.0. The van der Waals surface area contributed by atoms with Gasteiger partial charge in [0.1, 0.15) is 12.1 Å².